The van der Waals surface area contributed by atoms with E-state index in [1.807, 2.05) is 24.3 Å². The fraction of sp³-hybridized carbons (Fsp3) is 0.464. The van der Waals surface area contributed by atoms with E-state index in [-0.39, 0.29) is 36.8 Å². The van der Waals surface area contributed by atoms with Gasteiger partial charge in [0.2, 0.25) is 5.91 Å². The van der Waals surface area contributed by atoms with Crippen LogP contribution in [-0.2, 0) is 14.3 Å². The van der Waals surface area contributed by atoms with Crippen LogP contribution in [0, 0.1) is 17.3 Å². The minimum atomic E-state index is -1.03. The summed E-state index contributed by atoms with van der Waals surface area (Å²) in [6.45, 7) is 3.86. The van der Waals surface area contributed by atoms with E-state index in [0.717, 1.165) is 36.8 Å². The largest absolute Gasteiger partial charge is 0.481 e. The standard InChI is InChI=1S/C28H34N2O5/c1-28(2,26(32)33)17-30-25(31)19-10-4-3-9-18(19)15-29-27(34)35-16-24-22-13-7-5-11-20(22)21-12-6-8-14-23(21)24/h5-8,11-14,18-19,24H,3-4,9-10,15-17H2,1-2H3,(H,29,34)(H,30,31)(H,32,33). The number of rotatable bonds is 8. The fourth-order valence-corrected chi connectivity index (χ4v) is 5.18. The van der Waals surface area contributed by atoms with E-state index in [1.165, 1.54) is 11.1 Å². The van der Waals surface area contributed by atoms with Crippen LogP contribution in [0.3, 0.4) is 0 Å². The number of carboxylic acid groups (broad SMARTS) is 1. The number of amides is 2. The van der Waals surface area contributed by atoms with Crippen LogP contribution in [0.5, 0.6) is 0 Å². The Hall–Kier alpha value is -3.35. The molecule has 1 saturated carbocycles. The van der Waals surface area contributed by atoms with Crippen LogP contribution in [0.4, 0.5) is 4.79 Å². The molecule has 7 nitrogen and oxygen atoms in total. The van der Waals surface area contributed by atoms with Gasteiger partial charge in [0.15, 0.2) is 0 Å². The van der Waals surface area contributed by atoms with Crippen molar-refractivity contribution >= 4 is 18.0 Å². The number of carbonyl (C=O) groups excluding carboxylic acids is 2. The summed E-state index contributed by atoms with van der Waals surface area (Å²) in [5, 5.41) is 15.0. The molecule has 0 saturated heterocycles. The topological polar surface area (TPSA) is 105 Å². The van der Waals surface area contributed by atoms with Crippen molar-refractivity contribution in [3.05, 3.63) is 59.7 Å². The quantitative estimate of drug-likeness (QED) is 0.516. The Labute approximate surface area is 206 Å². The van der Waals surface area contributed by atoms with Crippen LogP contribution < -0.4 is 10.6 Å². The molecule has 35 heavy (non-hydrogen) atoms. The maximum atomic E-state index is 12.8. The Morgan fingerprint density at radius 3 is 2.17 bits per heavy atom. The third kappa shape index (κ3) is 5.50. The van der Waals surface area contributed by atoms with Crippen LogP contribution in [-0.4, -0.2) is 42.8 Å². The number of carbonyl (C=O) groups is 3. The second-order valence-electron chi connectivity index (χ2n) is 10.3. The fourth-order valence-electron chi connectivity index (χ4n) is 5.18. The number of benzene rings is 2. The summed E-state index contributed by atoms with van der Waals surface area (Å²) in [6.07, 6.45) is 3.03. The SMILES string of the molecule is CC(C)(CNC(=O)C1CCCCC1CNC(=O)OCC1c2ccccc2-c2ccccc21)C(=O)O. The molecule has 7 heteroatoms. The molecule has 0 heterocycles. The minimum Gasteiger partial charge on any atom is -0.481 e. The summed E-state index contributed by atoms with van der Waals surface area (Å²) in [4.78, 5) is 36.7. The van der Waals surface area contributed by atoms with Crippen molar-refractivity contribution in [2.45, 2.75) is 45.4 Å². The summed E-state index contributed by atoms with van der Waals surface area (Å²) in [5.74, 6) is -1.34. The van der Waals surface area contributed by atoms with Gasteiger partial charge in [-0.15, -0.1) is 0 Å². The van der Waals surface area contributed by atoms with E-state index in [9.17, 15) is 19.5 Å². The molecule has 0 spiro atoms. The zero-order valence-corrected chi connectivity index (χ0v) is 20.4. The van der Waals surface area contributed by atoms with E-state index >= 15 is 0 Å². The Morgan fingerprint density at radius 2 is 1.54 bits per heavy atom. The number of hydrogen-bond acceptors (Lipinski definition) is 4. The highest BCUT2D eigenvalue weighted by Gasteiger charge is 2.34. The van der Waals surface area contributed by atoms with E-state index in [1.54, 1.807) is 13.8 Å². The summed E-state index contributed by atoms with van der Waals surface area (Å²) >= 11 is 0. The lowest BCUT2D eigenvalue weighted by molar-refractivity contribution is -0.147. The maximum Gasteiger partial charge on any atom is 0.407 e. The van der Waals surface area contributed by atoms with Crippen molar-refractivity contribution in [2.75, 3.05) is 19.7 Å². The smallest absolute Gasteiger partial charge is 0.407 e. The molecule has 186 valence electrons. The van der Waals surface area contributed by atoms with Crippen molar-refractivity contribution in [1.29, 1.82) is 0 Å². The number of fused-ring (bicyclic) bond motifs is 3. The molecule has 2 aliphatic rings. The highest BCUT2D eigenvalue weighted by atomic mass is 16.5. The normalized spacial score (nSPS) is 19.4. The highest BCUT2D eigenvalue weighted by Crippen LogP contribution is 2.44. The van der Waals surface area contributed by atoms with Gasteiger partial charge in [-0.2, -0.15) is 0 Å². The lowest BCUT2D eigenvalue weighted by Gasteiger charge is -2.31. The third-order valence-corrected chi connectivity index (χ3v) is 7.38. The number of alkyl carbamates (subject to hydrolysis) is 1. The molecule has 0 aliphatic heterocycles. The Bertz CT molecular complexity index is 1050. The zero-order chi connectivity index (χ0) is 25.0. The van der Waals surface area contributed by atoms with Crippen molar-refractivity contribution in [3.8, 4) is 11.1 Å². The van der Waals surface area contributed by atoms with Crippen LogP contribution in [0.15, 0.2) is 48.5 Å². The first kappa shape index (κ1) is 24.8. The monoisotopic (exact) mass is 478 g/mol. The van der Waals surface area contributed by atoms with Gasteiger partial charge in [-0.25, -0.2) is 4.79 Å². The van der Waals surface area contributed by atoms with Gasteiger partial charge in [-0.05, 0) is 54.9 Å². The lowest BCUT2D eigenvalue weighted by Crippen LogP contribution is -2.45. The van der Waals surface area contributed by atoms with E-state index in [0.29, 0.717) is 6.54 Å². The molecule has 0 radical (unpaired) electrons. The van der Waals surface area contributed by atoms with Crippen LogP contribution in [0.25, 0.3) is 11.1 Å². The maximum absolute atomic E-state index is 12.8. The molecular weight excluding hydrogens is 444 g/mol. The van der Waals surface area contributed by atoms with Crippen LogP contribution in [0.2, 0.25) is 0 Å². The lowest BCUT2D eigenvalue weighted by atomic mass is 9.78. The third-order valence-electron chi connectivity index (χ3n) is 7.38. The molecule has 2 unspecified atom stereocenters. The summed E-state index contributed by atoms with van der Waals surface area (Å²) in [5.41, 5.74) is 3.65. The van der Waals surface area contributed by atoms with Gasteiger partial charge < -0.3 is 20.5 Å². The average molecular weight is 479 g/mol. The van der Waals surface area contributed by atoms with E-state index in [2.05, 4.69) is 34.9 Å². The molecule has 0 aromatic heterocycles. The van der Waals surface area contributed by atoms with Gasteiger partial charge in [-0.1, -0.05) is 61.4 Å². The molecule has 3 N–H and O–H groups in total. The van der Waals surface area contributed by atoms with Gasteiger partial charge in [0, 0.05) is 24.9 Å². The first-order valence-corrected chi connectivity index (χ1v) is 12.4. The Kier molecular flexibility index (Phi) is 7.43. The molecule has 0 bridgehead atoms. The molecule has 4 rings (SSSR count). The van der Waals surface area contributed by atoms with Crippen LogP contribution in [0.1, 0.15) is 56.6 Å². The van der Waals surface area contributed by atoms with E-state index in [4.69, 9.17) is 4.74 Å². The van der Waals surface area contributed by atoms with Gasteiger partial charge in [0.25, 0.3) is 0 Å². The predicted octanol–water partition coefficient (Wildman–Crippen LogP) is 4.56. The highest BCUT2D eigenvalue weighted by molar-refractivity contribution is 5.81. The Morgan fingerprint density at radius 1 is 0.943 bits per heavy atom. The predicted molar refractivity (Wildman–Crippen MR) is 133 cm³/mol. The van der Waals surface area contributed by atoms with Crippen molar-refractivity contribution in [2.24, 2.45) is 17.3 Å². The summed E-state index contributed by atoms with van der Waals surface area (Å²) in [6, 6.07) is 16.4. The second kappa shape index (κ2) is 10.5. The minimum absolute atomic E-state index is 0.000976. The van der Waals surface area contributed by atoms with Gasteiger partial charge >= 0.3 is 12.1 Å². The molecule has 2 aromatic carbocycles. The molecule has 2 aromatic rings. The number of carboxylic acids is 1. The molecular formula is C28H34N2O5. The molecule has 2 amide bonds. The average Bonchev–Trinajstić information content (AvgIpc) is 3.18. The van der Waals surface area contributed by atoms with Crippen molar-refractivity contribution < 1.29 is 24.2 Å². The van der Waals surface area contributed by atoms with E-state index < -0.39 is 17.5 Å². The van der Waals surface area contributed by atoms with Gasteiger partial charge in [-0.3, -0.25) is 9.59 Å². The van der Waals surface area contributed by atoms with Crippen LogP contribution >= 0.6 is 0 Å². The Balaban J connectivity index is 1.31. The van der Waals surface area contributed by atoms with Crippen molar-refractivity contribution in [3.63, 3.8) is 0 Å². The molecule has 1 fully saturated rings. The number of ether oxygens (including phenoxy) is 1. The summed E-state index contributed by atoms with van der Waals surface area (Å²) in [7, 11) is 0. The van der Waals surface area contributed by atoms with Crippen molar-refractivity contribution in [1.82, 2.24) is 10.6 Å². The number of aliphatic carboxylic acids is 1. The first-order chi connectivity index (χ1) is 16.8. The van der Waals surface area contributed by atoms with Gasteiger partial charge in [0.05, 0.1) is 5.41 Å². The zero-order valence-electron chi connectivity index (χ0n) is 20.4. The molecule has 2 atom stereocenters. The first-order valence-electron chi connectivity index (χ1n) is 12.4. The van der Waals surface area contributed by atoms with Gasteiger partial charge in [0.1, 0.15) is 6.61 Å². The number of nitrogens with one attached hydrogen (secondary N) is 2. The molecule has 2 aliphatic carbocycles. The number of hydrogen-bond donors (Lipinski definition) is 3. The second-order valence-corrected chi connectivity index (χ2v) is 10.3. The summed E-state index contributed by atoms with van der Waals surface area (Å²) < 4.78 is 5.63.